The van der Waals surface area contributed by atoms with Gasteiger partial charge in [0.15, 0.2) is 0 Å². The van der Waals surface area contributed by atoms with Gasteiger partial charge in [0, 0.05) is 12.1 Å². The molecule has 0 spiro atoms. The Kier molecular flexibility index (Phi) is 7.68. The molecule has 4 N–H and O–H groups in total. The van der Waals surface area contributed by atoms with E-state index in [4.69, 9.17) is 38.4 Å². The highest BCUT2D eigenvalue weighted by atomic mass is 35.5. The quantitative estimate of drug-likeness (QED) is 0.396. The number of carboxylic acid groups (broad SMARTS) is 1. The second-order valence-corrected chi connectivity index (χ2v) is 7.98. The molecule has 9 heteroatoms. The molecule has 7 nitrogen and oxygen atoms in total. The highest BCUT2D eigenvalue weighted by Crippen LogP contribution is 2.38. The number of methoxy groups -OCH3 is 2. The van der Waals surface area contributed by atoms with Crippen molar-refractivity contribution in [3.63, 3.8) is 0 Å². The summed E-state index contributed by atoms with van der Waals surface area (Å²) in [6, 6.07) is 14.3. The maximum atomic E-state index is 12.7. The second-order valence-electron chi connectivity index (χ2n) is 7.16. The summed E-state index contributed by atoms with van der Waals surface area (Å²) in [6.45, 7) is 0. The molecule has 1 atom stereocenters. The van der Waals surface area contributed by atoms with Gasteiger partial charge in [0.25, 0.3) is 5.91 Å². The van der Waals surface area contributed by atoms with E-state index >= 15 is 0 Å². The molecule has 0 aromatic heterocycles. The minimum atomic E-state index is -1.20. The Morgan fingerprint density at radius 1 is 1.00 bits per heavy atom. The van der Waals surface area contributed by atoms with E-state index in [0.29, 0.717) is 22.7 Å². The van der Waals surface area contributed by atoms with Gasteiger partial charge in [-0.2, -0.15) is 0 Å². The Hall–Kier alpha value is -3.42. The number of hydrogen-bond acceptors (Lipinski definition) is 5. The molecule has 0 fully saturated rings. The molecule has 0 aliphatic rings. The van der Waals surface area contributed by atoms with Gasteiger partial charge in [-0.3, -0.25) is 4.79 Å². The number of halogens is 2. The van der Waals surface area contributed by atoms with E-state index in [-0.39, 0.29) is 22.0 Å². The van der Waals surface area contributed by atoms with E-state index in [0.717, 1.165) is 11.1 Å². The summed E-state index contributed by atoms with van der Waals surface area (Å²) in [7, 11) is 3.15. The van der Waals surface area contributed by atoms with Crippen LogP contribution in [0.2, 0.25) is 10.0 Å². The van der Waals surface area contributed by atoms with Crippen molar-refractivity contribution in [3.8, 4) is 22.6 Å². The third kappa shape index (κ3) is 5.50. The molecule has 3 aromatic rings. The number of benzene rings is 3. The number of nitrogens with two attached hydrogens (primary N) is 1. The molecule has 0 aliphatic heterocycles. The number of nitrogen functional groups attached to an aromatic ring is 1. The number of carboxylic acids is 1. The number of carbonyl (C=O) groups excluding carboxylic acids is 1. The average molecular weight is 489 g/mol. The zero-order valence-electron chi connectivity index (χ0n) is 17.9. The Bertz CT molecular complexity index is 1140. The zero-order valence-corrected chi connectivity index (χ0v) is 19.4. The zero-order chi connectivity index (χ0) is 24.1. The topological polar surface area (TPSA) is 111 Å². The van der Waals surface area contributed by atoms with E-state index in [1.165, 1.54) is 12.1 Å². The minimum Gasteiger partial charge on any atom is -0.496 e. The number of nitrogens with one attached hydrogen (secondary N) is 1. The summed E-state index contributed by atoms with van der Waals surface area (Å²) in [5, 5.41) is 12.2. The molecule has 0 radical (unpaired) electrons. The molecular formula is C24H22Cl2N2O5. The molecule has 0 saturated carbocycles. The minimum absolute atomic E-state index is 0.0302. The molecule has 1 amide bonds. The van der Waals surface area contributed by atoms with Crippen LogP contribution >= 0.6 is 23.2 Å². The summed E-state index contributed by atoms with van der Waals surface area (Å²) in [4.78, 5) is 24.5. The smallest absolute Gasteiger partial charge is 0.326 e. The maximum absolute atomic E-state index is 12.7. The lowest BCUT2D eigenvalue weighted by molar-refractivity contribution is -0.139. The first-order chi connectivity index (χ1) is 15.7. The van der Waals surface area contributed by atoms with Crippen LogP contribution in [0, 0.1) is 0 Å². The van der Waals surface area contributed by atoms with Gasteiger partial charge in [0.1, 0.15) is 17.5 Å². The molecule has 0 heterocycles. The molecule has 0 saturated heterocycles. The lowest BCUT2D eigenvalue weighted by Gasteiger charge is -2.17. The van der Waals surface area contributed by atoms with Crippen LogP contribution in [0.3, 0.4) is 0 Å². The van der Waals surface area contributed by atoms with Crippen molar-refractivity contribution in [2.24, 2.45) is 0 Å². The van der Waals surface area contributed by atoms with Crippen LogP contribution in [0.1, 0.15) is 15.9 Å². The number of rotatable bonds is 8. The van der Waals surface area contributed by atoms with Crippen molar-refractivity contribution in [1.29, 1.82) is 0 Å². The Labute approximate surface area is 201 Å². The summed E-state index contributed by atoms with van der Waals surface area (Å²) in [5.74, 6) is -0.598. The van der Waals surface area contributed by atoms with E-state index in [1.54, 1.807) is 26.4 Å². The highest BCUT2D eigenvalue weighted by molar-refractivity contribution is 6.40. The van der Waals surface area contributed by atoms with Crippen LogP contribution in [0.4, 0.5) is 5.69 Å². The maximum Gasteiger partial charge on any atom is 0.326 e. The third-order valence-corrected chi connectivity index (χ3v) is 5.60. The van der Waals surface area contributed by atoms with E-state index < -0.39 is 17.9 Å². The normalized spacial score (nSPS) is 11.5. The predicted octanol–water partition coefficient (Wildman–Crippen LogP) is 4.69. The number of carbonyl (C=O) groups is 2. The van der Waals surface area contributed by atoms with Gasteiger partial charge < -0.3 is 25.6 Å². The van der Waals surface area contributed by atoms with Crippen LogP contribution in [0.5, 0.6) is 11.5 Å². The van der Waals surface area contributed by atoms with Gasteiger partial charge in [0.05, 0.1) is 35.4 Å². The first-order valence-corrected chi connectivity index (χ1v) is 10.6. The molecule has 0 unspecified atom stereocenters. The van der Waals surface area contributed by atoms with Gasteiger partial charge in [-0.1, -0.05) is 53.5 Å². The Morgan fingerprint density at radius 3 is 2.03 bits per heavy atom. The van der Waals surface area contributed by atoms with Crippen molar-refractivity contribution < 1.29 is 24.2 Å². The molecule has 172 valence electrons. The number of ether oxygens (including phenoxy) is 2. The van der Waals surface area contributed by atoms with Gasteiger partial charge in [-0.05, 0) is 35.4 Å². The largest absolute Gasteiger partial charge is 0.496 e. The predicted molar refractivity (Wildman–Crippen MR) is 128 cm³/mol. The lowest BCUT2D eigenvalue weighted by atomic mass is 9.99. The number of amides is 1. The first-order valence-electron chi connectivity index (χ1n) is 9.83. The molecular weight excluding hydrogens is 467 g/mol. The van der Waals surface area contributed by atoms with Crippen molar-refractivity contribution in [2.75, 3.05) is 20.0 Å². The SMILES string of the molecule is COc1cccc(OC)c1-c1ccc(C[C@H](NC(=O)c2c(Cl)cc(N)cc2Cl)C(=O)O)cc1. The molecule has 3 aromatic carbocycles. The molecule has 0 aliphatic carbocycles. The number of aliphatic carboxylic acids is 1. The van der Waals surface area contributed by atoms with Gasteiger partial charge in [-0.25, -0.2) is 4.79 Å². The second kappa shape index (κ2) is 10.5. The van der Waals surface area contributed by atoms with Crippen LogP contribution in [-0.4, -0.2) is 37.2 Å². The fraction of sp³-hybridized carbons (Fsp3) is 0.167. The molecule has 33 heavy (non-hydrogen) atoms. The number of anilines is 1. The van der Waals surface area contributed by atoms with Crippen molar-refractivity contribution in [2.45, 2.75) is 12.5 Å². The van der Waals surface area contributed by atoms with Crippen LogP contribution in [0.25, 0.3) is 11.1 Å². The highest BCUT2D eigenvalue weighted by Gasteiger charge is 2.24. The summed E-state index contributed by atoms with van der Waals surface area (Å²) >= 11 is 12.2. The first kappa shape index (κ1) is 24.2. The van der Waals surface area contributed by atoms with Crippen LogP contribution < -0.4 is 20.5 Å². The van der Waals surface area contributed by atoms with Crippen molar-refractivity contribution >= 4 is 40.8 Å². The van der Waals surface area contributed by atoms with Crippen LogP contribution in [-0.2, 0) is 11.2 Å². The van der Waals surface area contributed by atoms with Gasteiger partial charge in [0.2, 0.25) is 0 Å². The van der Waals surface area contributed by atoms with E-state index in [9.17, 15) is 14.7 Å². The Morgan fingerprint density at radius 2 is 1.55 bits per heavy atom. The summed E-state index contributed by atoms with van der Waals surface area (Å²) in [6.07, 6.45) is 0.0502. The standard InChI is InChI=1S/C24H22Cl2N2O5/c1-32-19-4-3-5-20(33-2)21(19)14-8-6-13(7-9-14)10-18(24(30)31)28-23(29)22-16(25)11-15(27)12-17(22)26/h3-9,11-12,18H,10,27H2,1-2H3,(H,28,29)(H,30,31)/t18-/m0/s1. The summed E-state index contributed by atoms with van der Waals surface area (Å²) in [5.41, 5.74) is 8.25. The van der Waals surface area contributed by atoms with Gasteiger partial charge >= 0.3 is 5.97 Å². The monoisotopic (exact) mass is 488 g/mol. The molecule has 3 rings (SSSR count). The fourth-order valence-electron chi connectivity index (χ4n) is 3.42. The number of hydrogen-bond donors (Lipinski definition) is 3. The fourth-order valence-corrected chi connectivity index (χ4v) is 4.09. The Balaban J connectivity index is 1.82. The third-order valence-electron chi connectivity index (χ3n) is 5.01. The van der Waals surface area contributed by atoms with Crippen molar-refractivity contribution in [1.82, 2.24) is 5.32 Å². The average Bonchev–Trinajstić information content (AvgIpc) is 2.77. The molecule has 0 bridgehead atoms. The van der Waals surface area contributed by atoms with Crippen LogP contribution in [0.15, 0.2) is 54.6 Å². The lowest BCUT2D eigenvalue weighted by Crippen LogP contribution is -2.42. The van der Waals surface area contributed by atoms with E-state index in [2.05, 4.69) is 5.32 Å². The van der Waals surface area contributed by atoms with Gasteiger partial charge in [-0.15, -0.1) is 0 Å². The van der Waals surface area contributed by atoms with Crippen molar-refractivity contribution in [3.05, 3.63) is 75.8 Å². The summed E-state index contributed by atoms with van der Waals surface area (Å²) < 4.78 is 10.9. The van der Waals surface area contributed by atoms with E-state index in [1.807, 2.05) is 30.3 Å².